The number of benzene rings is 1. The van der Waals surface area contributed by atoms with Crippen molar-refractivity contribution in [3.63, 3.8) is 0 Å². The molecular formula is C23H18N2O5. The molecule has 3 fully saturated rings. The summed E-state index contributed by atoms with van der Waals surface area (Å²) in [6.07, 6.45) is 6.75. The first-order valence-corrected chi connectivity index (χ1v) is 10.1. The van der Waals surface area contributed by atoms with Crippen LogP contribution in [0, 0.1) is 35.5 Å². The number of carbonyl (C=O) groups is 3. The predicted molar refractivity (Wildman–Crippen MR) is 105 cm³/mol. The lowest BCUT2D eigenvalue weighted by Gasteiger charge is -2.37. The number of carbonyl (C=O) groups excluding carboxylic acids is 2. The van der Waals surface area contributed by atoms with Crippen molar-refractivity contribution < 1.29 is 23.9 Å². The van der Waals surface area contributed by atoms with Gasteiger partial charge >= 0.3 is 5.97 Å². The number of rotatable bonds is 4. The maximum atomic E-state index is 12.9. The summed E-state index contributed by atoms with van der Waals surface area (Å²) in [5.74, 6) is 0.292. The van der Waals surface area contributed by atoms with Crippen LogP contribution >= 0.6 is 0 Å². The third-order valence-corrected chi connectivity index (χ3v) is 6.96. The molecule has 0 radical (unpaired) electrons. The molecule has 7 rings (SSSR count). The highest BCUT2D eigenvalue weighted by molar-refractivity contribution is 6.06. The molecule has 2 aromatic rings. The Balaban J connectivity index is 1.24. The van der Waals surface area contributed by atoms with Crippen molar-refractivity contribution >= 4 is 24.0 Å². The summed E-state index contributed by atoms with van der Waals surface area (Å²) in [5.41, 5.74) is 0.784. The number of carboxylic acids is 1. The fourth-order valence-electron chi connectivity index (χ4n) is 5.55. The molecule has 4 aliphatic carbocycles. The van der Waals surface area contributed by atoms with Crippen LogP contribution in [-0.4, -0.2) is 34.1 Å². The topological polar surface area (TPSA) is 100 Å². The summed E-state index contributed by atoms with van der Waals surface area (Å²) >= 11 is 0. The number of carboxylic acid groups (broad SMARTS) is 1. The zero-order valence-corrected chi connectivity index (χ0v) is 15.8. The largest absolute Gasteiger partial charge is 0.478 e. The van der Waals surface area contributed by atoms with E-state index in [-0.39, 0.29) is 41.0 Å². The molecule has 2 heterocycles. The Morgan fingerprint density at radius 2 is 1.77 bits per heavy atom. The Labute approximate surface area is 171 Å². The third-order valence-electron chi connectivity index (χ3n) is 6.96. The zero-order chi connectivity index (χ0) is 20.6. The minimum Gasteiger partial charge on any atom is -0.478 e. The standard InChI is InChI=1S/C23H18N2O5/c26-21-19-14-5-6-15(17-9-16(14)17)20(19)22(27)25(21)24-10-13-4-7-18(30-13)11-2-1-3-12(8-11)23(28)29/h1-8,10,14-17,19-20H,9H2,(H,28,29)/b24-10-/t14-,15-,16-,17+,19-,20+/m1/s1. The molecule has 1 aromatic heterocycles. The van der Waals surface area contributed by atoms with Gasteiger partial charge in [-0.15, -0.1) is 0 Å². The van der Waals surface area contributed by atoms with Crippen LogP contribution in [0.5, 0.6) is 0 Å². The van der Waals surface area contributed by atoms with Gasteiger partial charge in [-0.1, -0.05) is 24.3 Å². The van der Waals surface area contributed by atoms with Gasteiger partial charge in [0.2, 0.25) is 0 Å². The predicted octanol–water partition coefficient (Wildman–Crippen LogP) is 3.03. The highest BCUT2D eigenvalue weighted by atomic mass is 16.4. The number of imide groups is 1. The van der Waals surface area contributed by atoms with E-state index in [0.717, 1.165) is 11.4 Å². The van der Waals surface area contributed by atoms with Gasteiger partial charge in [-0.05, 0) is 54.4 Å². The van der Waals surface area contributed by atoms with E-state index in [1.807, 2.05) is 0 Å². The number of aromatic carboxylic acids is 1. The molecule has 5 aliphatic rings. The van der Waals surface area contributed by atoms with E-state index in [2.05, 4.69) is 17.3 Å². The fourth-order valence-corrected chi connectivity index (χ4v) is 5.55. The highest BCUT2D eigenvalue weighted by Gasteiger charge is 2.67. The van der Waals surface area contributed by atoms with E-state index in [1.54, 1.807) is 24.3 Å². The first kappa shape index (κ1) is 17.4. The summed E-state index contributed by atoms with van der Waals surface area (Å²) < 4.78 is 5.73. The maximum absolute atomic E-state index is 12.9. The second-order valence-electron chi connectivity index (χ2n) is 8.48. The van der Waals surface area contributed by atoms with Crippen LogP contribution in [0.2, 0.25) is 0 Å². The number of amides is 2. The molecule has 2 amide bonds. The second kappa shape index (κ2) is 6.01. The average Bonchev–Trinajstić information content (AvgIpc) is 3.39. The van der Waals surface area contributed by atoms with Crippen LogP contribution in [0.25, 0.3) is 11.3 Å². The Morgan fingerprint density at radius 3 is 2.43 bits per heavy atom. The normalized spacial score (nSPS) is 33.3. The van der Waals surface area contributed by atoms with E-state index >= 15 is 0 Å². The number of allylic oxidation sites excluding steroid dienone is 2. The van der Waals surface area contributed by atoms with Crippen LogP contribution in [0.1, 0.15) is 22.5 Å². The SMILES string of the molecule is O=C(O)c1cccc(-c2ccc(/C=N\N3C(=O)[C@@H]4[C@@H]5C=C[C@H]([C@@H]6C[C@H]56)[C@@H]4C3=O)o2)c1. The van der Waals surface area contributed by atoms with Crippen LogP contribution in [-0.2, 0) is 9.59 Å². The van der Waals surface area contributed by atoms with Gasteiger partial charge in [0.1, 0.15) is 11.5 Å². The van der Waals surface area contributed by atoms with Crippen LogP contribution in [0.3, 0.4) is 0 Å². The molecule has 30 heavy (non-hydrogen) atoms. The monoisotopic (exact) mass is 402 g/mol. The number of hydrazone groups is 1. The van der Waals surface area contributed by atoms with Crippen LogP contribution in [0.15, 0.2) is 58.1 Å². The van der Waals surface area contributed by atoms with Gasteiger partial charge in [-0.25, -0.2) is 4.79 Å². The van der Waals surface area contributed by atoms with Gasteiger partial charge < -0.3 is 9.52 Å². The maximum Gasteiger partial charge on any atom is 0.335 e. The van der Waals surface area contributed by atoms with Gasteiger partial charge in [-0.3, -0.25) is 9.59 Å². The van der Waals surface area contributed by atoms with Crippen molar-refractivity contribution in [1.29, 1.82) is 0 Å². The molecule has 7 nitrogen and oxygen atoms in total. The Morgan fingerprint density at radius 1 is 1.07 bits per heavy atom. The van der Waals surface area contributed by atoms with Crippen molar-refractivity contribution in [2.24, 2.45) is 40.6 Å². The molecule has 0 spiro atoms. The van der Waals surface area contributed by atoms with Crippen molar-refractivity contribution in [2.45, 2.75) is 6.42 Å². The van der Waals surface area contributed by atoms with Gasteiger partial charge in [0, 0.05) is 5.56 Å². The van der Waals surface area contributed by atoms with Crippen LogP contribution < -0.4 is 0 Å². The molecular weight excluding hydrogens is 384 g/mol. The Kier molecular flexibility index (Phi) is 3.48. The van der Waals surface area contributed by atoms with Gasteiger partial charge in [0.15, 0.2) is 0 Å². The summed E-state index contributed by atoms with van der Waals surface area (Å²) in [6, 6.07) is 9.80. The highest BCUT2D eigenvalue weighted by Crippen LogP contribution is 2.65. The number of hydrogen-bond acceptors (Lipinski definition) is 5. The van der Waals surface area contributed by atoms with Crippen molar-refractivity contribution in [1.82, 2.24) is 5.01 Å². The molecule has 1 saturated heterocycles. The Bertz CT molecular complexity index is 1130. The minimum absolute atomic E-state index is 0.163. The molecule has 7 heteroatoms. The summed E-state index contributed by atoms with van der Waals surface area (Å²) in [4.78, 5) is 37.0. The molecule has 1 aliphatic heterocycles. The summed E-state index contributed by atoms with van der Waals surface area (Å²) in [6.45, 7) is 0. The van der Waals surface area contributed by atoms with E-state index in [9.17, 15) is 14.4 Å². The van der Waals surface area contributed by atoms with Gasteiger partial charge in [-0.2, -0.15) is 10.1 Å². The lowest BCUT2D eigenvalue weighted by Crippen LogP contribution is -2.40. The third kappa shape index (κ3) is 2.38. The zero-order valence-electron chi connectivity index (χ0n) is 15.8. The molecule has 2 saturated carbocycles. The first-order chi connectivity index (χ1) is 14.5. The van der Waals surface area contributed by atoms with E-state index < -0.39 is 5.97 Å². The fraction of sp³-hybridized carbons (Fsp3) is 0.304. The van der Waals surface area contributed by atoms with Crippen LogP contribution in [0.4, 0.5) is 0 Å². The van der Waals surface area contributed by atoms with Crippen molar-refractivity contribution in [3.05, 3.63) is 59.9 Å². The first-order valence-electron chi connectivity index (χ1n) is 10.1. The smallest absolute Gasteiger partial charge is 0.335 e. The molecule has 6 atom stereocenters. The number of hydrogen-bond donors (Lipinski definition) is 1. The van der Waals surface area contributed by atoms with Crippen molar-refractivity contribution in [2.75, 3.05) is 0 Å². The minimum atomic E-state index is -1.01. The molecule has 0 unspecified atom stereocenters. The van der Waals surface area contributed by atoms with Gasteiger partial charge in [0.25, 0.3) is 11.8 Å². The van der Waals surface area contributed by atoms with E-state index in [0.29, 0.717) is 28.9 Å². The van der Waals surface area contributed by atoms with E-state index in [1.165, 1.54) is 18.3 Å². The summed E-state index contributed by atoms with van der Waals surface area (Å²) in [5, 5.41) is 14.3. The van der Waals surface area contributed by atoms with E-state index in [4.69, 9.17) is 9.52 Å². The molecule has 1 aromatic carbocycles. The molecule has 2 bridgehead atoms. The number of nitrogens with zero attached hydrogens (tertiary/aromatic N) is 2. The lowest BCUT2D eigenvalue weighted by molar-refractivity contribution is -0.140. The quantitative estimate of drug-likeness (QED) is 0.481. The summed E-state index contributed by atoms with van der Waals surface area (Å²) in [7, 11) is 0. The average molecular weight is 402 g/mol. The lowest BCUT2D eigenvalue weighted by atomic mass is 9.63. The van der Waals surface area contributed by atoms with Crippen molar-refractivity contribution in [3.8, 4) is 11.3 Å². The number of furan rings is 1. The molecule has 1 N–H and O–H groups in total. The Hall–Kier alpha value is -3.48. The second-order valence-corrected chi connectivity index (χ2v) is 8.48. The van der Waals surface area contributed by atoms with Gasteiger partial charge in [0.05, 0.1) is 23.6 Å². The molecule has 150 valence electrons.